The topological polar surface area (TPSA) is 60.9 Å². The van der Waals surface area contributed by atoms with Crippen LogP contribution in [0.25, 0.3) is 0 Å². The average molecular weight is 207 g/mol. The summed E-state index contributed by atoms with van der Waals surface area (Å²) in [6.45, 7) is 2.78. The summed E-state index contributed by atoms with van der Waals surface area (Å²) in [6.07, 6.45) is 7.01. The molecule has 0 spiro atoms. The Kier molecular flexibility index (Phi) is 2.61. The van der Waals surface area contributed by atoms with Crippen LogP contribution in [0, 0.1) is 0 Å². The van der Waals surface area contributed by atoms with Gasteiger partial charge in [-0.1, -0.05) is 0 Å². The van der Waals surface area contributed by atoms with E-state index < -0.39 is 0 Å². The Morgan fingerprint density at radius 3 is 2.93 bits per heavy atom. The molecule has 82 valence electrons. The van der Waals surface area contributed by atoms with Crippen molar-refractivity contribution >= 4 is 5.78 Å². The first-order valence-electron chi connectivity index (χ1n) is 5.48. The van der Waals surface area contributed by atoms with Gasteiger partial charge in [-0.05, 0) is 26.2 Å². The van der Waals surface area contributed by atoms with Crippen LogP contribution in [0.1, 0.15) is 43.2 Å². The maximum Gasteiger partial charge on any atom is 0.200 e. The SMILES string of the molecule is CCn1ccnc1C(=O)CC1(N)CCC1. The Bertz CT molecular complexity index is 366. The molecule has 15 heavy (non-hydrogen) atoms. The van der Waals surface area contributed by atoms with Gasteiger partial charge in [0.2, 0.25) is 0 Å². The number of nitrogens with zero attached hydrogens (tertiary/aromatic N) is 2. The number of imidazole rings is 1. The third-order valence-electron chi connectivity index (χ3n) is 3.17. The van der Waals surface area contributed by atoms with Crippen LogP contribution >= 0.6 is 0 Å². The molecule has 4 heteroatoms. The molecule has 0 atom stereocenters. The molecule has 0 aliphatic heterocycles. The van der Waals surface area contributed by atoms with E-state index in [1.807, 2.05) is 17.7 Å². The quantitative estimate of drug-likeness (QED) is 0.758. The fraction of sp³-hybridized carbons (Fsp3) is 0.636. The molecular weight excluding hydrogens is 190 g/mol. The van der Waals surface area contributed by atoms with Crippen molar-refractivity contribution in [3.8, 4) is 0 Å². The Hall–Kier alpha value is -1.16. The van der Waals surface area contributed by atoms with E-state index in [2.05, 4.69) is 4.98 Å². The van der Waals surface area contributed by atoms with Crippen molar-refractivity contribution in [1.82, 2.24) is 9.55 Å². The first-order valence-corrected chi connectivity index (χ1v) is 5.48. The lowest BCUT2D eigenvalue weighted by Crippen LogP contribution is -2.48. The number of carbonyl (C=O) groups is 1. The van der Waals surface area contributed by atoms with E-state index in [4.69, 9.17) is 5.73 Å². The summed E-state index contributed by atoms with van der Waals surface area (Å²) in [5, 5.41) is 0. The molecule has 4 nitrogen and oxygen atoms in total. The summed E-state index contributed by atoms with van der Waals surface area (Å²) in [4.78, 5) is 16.0. The number of Topliss-reactive ketones (excluding diaryl/α,β-unsaturated/α-hetero) is 1. The first-order chi connectivity index (χ1) is 7.14. The Morgan fingerprint density at radius 2 is 2.40 bits per heavy atom. The first kappa shape index (κ1) is 10.4. The number of ketones is 1. The summed E-state index contributed by atoms with van der Waals surface area (Å²) in [6, 6.07) is 0. The monoisotopic (exact) mass is 207 g/mol. The van der Waals surface area contributed by atoms with Gasteiger partial charge in [-0.15, -0.1) is 0 Å². The number of aryl methyl sites for hydroxylation is 1. The maximum atomic E-state index is 11.9. The second kappa shape index (κ2) is 3.77. The Morgan fingerprint density at radius 1 is 1.67 bits per heavy atom. The largest absolute Gasteiger partial charge is 0.329 e. The van der Waals surface area contributed by atoms with Gasteiger partial charge < -0.3 is 10.3 Å². The lowest BCUT2D eigenvalue weighted by atomic mass is 9.74. The summed E-state index contributed by atoms with van der Waals surface area (Å²) in [5.74, 6) is 0.623. The van der Waals surface area contributed by atoms with Crippen LogP contribution in [0.4, 0.5) is 0 Å². The number of carbonyl (C=O) groups excluding carboxylic acids is 1. The third-order valence-corrected chi connectivity index (χ3v) is 3.17. The van der Waals surface area contributed by atoms with Crippen molar-refractivity contribution < 1.29 is 4.79 Å². The van der Waals surface area contributed by atoms with Crippen molar-refractivity contribution in [1.29, 1.82) is 0 Å². The van der Waals surface area contributed by atoms with E-state index in [9.17, 15) is 4.79 Å². The van der Waals surface area contributed by atoms with E-state index in [-0.39, 0.29) is 11.3 Å². The molecule has 1 aromatic heterocycles. The van der Waals surface area contributed by atoms with Gasteiger partial charge in [0.1, 0.15) is 0 Å². The molecule has 0 radical (unpaired) electrons. The van der Waals surface area contributed by atoms with Crippen molar-refractivity contribution in [3.05, 3.63) is 18.2 Å². The number of nitrogens with two attached hydrogens (primary N) is 1. The minimum Gasteiger partial charge on any atom is -0.329 e. The number of hydrogen-bond donors (Lipinski definition) is 1. The van der Waals surface area contributed by atoms with Crippen LogP contribution in [0.5, 0.6) is 0 Å². The fourth-order valence-electron chi connectivity index (χ4n) is 2.02. The second-order valence-electron chi connectivity index (χ2n) is 4.35. The van der Waals surface area contributed by atoms with Gasteiger partial charge >= 0.3 is 0 Å². The zero-order chi connectivity index (χ0) is 10.9. The van der Waals surface area contributed by atoms with Gasteiger partial charge in [-0.3, -0.25) is 4.79 Å². The molecule has 1 saturated carbocycles. The van der Waals surface area contributed by atoms with Crippen LogP contribution in [0.15, 0.2) is 12.4 Å². The van der Waals surface area contributed by atoms with Gasteiger partial charge in [0.25, 0.3) is 0 Å². The molecule has 0 unspecified atom stereocenters. The van der Waals surface area contributed by atoms with Crippen molar-refractivity contribution in [2.45, 2.75) is 44.7 Å². The van der Waals surface area contributed by atoms with Gasteiger partial charge in [0, 0.05) is 30.9 Å². The van der Waals surface area contributed by atoms with Gasteiger partial charge in [0.05, 0.1) is 0 Å². The van der Waals surface area contributed by atoms with Gasteiger partial charge in [0.15, 0.2) is 11.6 Å². The molecule has 1 aliphatic carbocycles. The summed E-state index contributed by atoms with van der Waals surface area (Å²) >= 11 is 0. The molecular formula is C11H17N3O. The smallest absolute Gasteiger partial charge is 0.200 e. The average Bonchev–Trinajstić information content (AvgIpc) is 2.62. The summed E-state index contributed by atoms with van der Waals surface area (Å²) < 4.78 is 1.87. The van der Waals surface area contributed by atoms with Crippen LogP contribution in [0.3, 0.4) is 0 Å². The van der Waals surface area contributed by atoms with E-state index in [0.29, 0.717) is 12.2 Å². The highest BCUT2D eigenvalue weighted by molar-refractivity contribution is 5.93. The highest BCUT2D eigenvalue weighted by Gasteiger charge is 2.35. The molecule has 0 aromatic carbocycles. The minimum absolute atomic E-state index is 0.0732. The van der Waals surface area contributed by atoms with E-state index in [1.165, 1.54) is 0 Å². The summed E-state index contributed by atoms with van der Waals surface area (Å²) in [5.41, 5.74) is 5.80. The Labute approximate surface area is 89.5 Å². The van der Waals surface area contributed by atoms with E-state index in [0.717, 1.165) is 25.8 Å². The maximum absolute atomic E-state index is 11.9. The second-order valence-corrected chi connectivity index (χ2v) is 4.35. The summed E-state index contributed by atoms with van der Waals surface area (Å²) in [7, 11) is 0. The van der Waals surface area contributed by atoms with E-state index >= 15 is 0 Å². The molecule has 1 heterocycles. The lowest BCUT2D eigenvalue weighted by molar-refractivity contribution is 0.0897. The molecule has 1 aromatic rings. The van der Waals surface area contributed by atoms with Gasteiger partial charge in [-0.25, -0.2) is 4.98 Å². The number of rotatable bonds is 4. The predicted molar refractivity (Wildman–Crippen MR) is 57.6 cm³/mol. The molecule has 2 rings (SSSR count). The minimum atomic E-state index is -0.248. The van der Waals surface area contributed by atoms with Crippen LogP contribution < -0.4 is 5.73 Å². The Balaban J connectivity index is 2.07. The van der Waals surface area contributed by atoms with Crippen molar-refractivity contribution in [2.24, 2.45) is 5.73 Å². The zero-order valence-corrected chi connectivity index (χ0v) is 9.07. The molecule has 0 saturated heterocycles. The molecule has 1 aliphatic rings. The molecule has 0 bridgehead atoms. The standard InChI is InChI=1S/C11H17N3O/c1-2-14-7-6-13-10(14)9(15)8-11(12)4-3-5-11/h6-7H,2-5,8,12H2,1H3. The van der Waals surface area contributed by atoms with Crippen LogP contribution in [-0.2, 0) is 6.54 Å². The predicted octanol–water partition coefficient (Wildman–Crippen LogP) is 1.36. The van der Waals surface area contributed by atoms with Crippen LogP contribution in [0.2, 0.25) is 0 Å². The molecule has 2 N–H and O–H groups in total. The van der Waals surface area contributed by atoms with E-state index in [1.54, 1.807) is 6.20 Å². The number of aromatic nitrogens is 2. The highest BCUT2D eigenvalue weighted by atomic mass is 16.1. The van der Waals surface area contributed by atoms with Gasteiger partial charge in [-0.2, -0.15) is 0 Å². The molecule has 1 fully saturated rings. The highest BCUT2D eigenvalue weighted by Crippen LogP contribution is 2.32. The van der Waals surface area contributed by atoms with Crippen LogP contribution in [-0.4, -0.2) is 20.9 Å². The number of hydrogen-bond acceptors (Lipinski definition) is 3. The zero-order valence-electron chi connectivity index (χ0n) is 9.07. The third kappa shape index (κ3) is 1.95. The molecule has 0 amide bonds. The lowest BCUT2D eigenvalue weighted by Gasteiger charge is -2.37. The van der Waals surface area contributed by atoms with Crippen molar-refractivity contribution in [3.63, 3.8) is 0 Å². The normalized spacial score (nSPS) is 18.5. The fourth-order valence-corrected chi connectivity index (χ4v) is 2.02. The van der Waals surface area contributed by atoms with Crippen molar-refractivity contribution in [2.75, 3.05) is 0 Å².